The van der Waals surface area contributed by atoms with Crippen molar-refractivity contribution in [1.29, 1.82) is 0 Å². The second-order valence-corrected chi connectivity index (χ2v) is 3.89. The summed E-state index contributed by atoms with van der Waals surface area (Å²) in [5.74, 6) is -1.03. The number of hydrogen-bond acceptors (Lipinski definition) is 3. The number of rotatable bonds is 2. The van der Waals surface area contributed by atoms with E-state index in [2.05, 4.69) is 15.2 Å². The maximum atomic E-state index is 10.8. The third-order valence-corrected chi connectivity index (χ3v) is 2.69. The maximum absolute atomic E-state index is 10.8. The second-order valence-electron chi connectivity index (χ2n) is 3.89. The summed E-state index contributed by atoms with van der Waals surface area (Å²) < 4.78 is 0. The summed E-state index contributed by atoms with van der Waals surface area (Å²) in [6, 6.07) is 11.2. The quantitative estimate of drug-likeness (QED) is 0.719. The maximum Gasteiger partial charge on any atom is 0.353 e. The highest BCUT2D eigenvalue weighted by Gasteiger charge is 2.09. The van der Waals surface area contributed by atoms with Crippen molar-refractivity contribution in [1.82, 2.24) is 15.2 Å². The molecular formula is C13H9N3O2. The van der Waals surface area contributed by atoms with Crippen LogP contribution in [0.5, 0.6) is 0 Å². The van der Waals surface area contributed by atoms with Gasteiger partial charge in [0.05, 0.1) is 11.2 Å². The third-order valence-electron chi connectivity index (χ3n) is 2.69. The zero-order valence-corrected chi connectivity index (χ0v) is 9.29. The first-order valence-electron chi connectivity index (χ1n) is 5.38. The molecule has 0 radical (unpaired) electrons. The number of carboxylic acid groups (broad SMARTS) is 1. The minimum atomic E-state index is -1.03. The van der Waals surface area contributed by atoms with Gasteiger partial charge in [-0.1, -0.05) is 18.2 Å². The molecule has 3 aromatic rings. The zero-order valence-electron chi connectivity index (χ0n) is 9.29. The largest absolute Gasteiger partial charge is 0.477 e. The predicted molar refractivity (Wildman–Crippen MR) is 66.3 cm³/mol. The lowest BCUT2D eigenvalue weighted by atomic mass is 10.1. The first kappa shape index (κ1) is 10.5. The Kier molecular flexibility index (Phi) is 2.30. The lowest BCUT2D eigenvalue weighted by Gasteiger charge is -1.99. The monoisotopic (exact) mass is 239 g/mol. The number of carbonyl (C=O) groups is 1. The molecule has 0 saturated heterocycles. The molecule has 0 aliphatic rings. The number of nitrogens with zero attached hydrogens (tertiary/aromatic N) is 2. The number of benzene rings is 1. The number of nitrogens with one attached hydrogen (secondary N) is 1. The van der Waals surface area contributed by atoms with Crippen LogP contribution in [0.3, 0.4) is 0 Å². The summed E-state index contributed by atoms with van der Waals surface area (Å²) in [4.78, 5) is 15.1. The fourth-order valence-electron chi connectivity index (χ4n) is 1.79. The van der Waals surface area contributed by atoms with Crippen LogP contribution >= 0.6 is 0 Å². The highest BCUT2D eigenvalue weighted by Crippen LogP contribution is 2.21. The number of para-hydroxylation sites is 1. The molecular weight excluding hydrogens is 230 g/mol. The lowest BCUT2D eigenvalue weighted by Crippen LogP contribution is -1.95. The Bertz CT molecular complexity index is 734. The van der Waals surface area contributed by atoms with Gasteiger partial charge < -0.3 is 5.11 Å². The lowest BCUT2D eigenvalue weighted by molar-refractivity contribution is 0.0690. The summed E-state index contributed by atoms with van der Waals surface area (Å²) in [6.45, 7) is 0. The zero-order chi connectivity index (χ0) is 12.5. The Morgan fingerprint density at radius 2 is 2.06 bits per heavy atom. The number of fused-ring (bicyclic) bond motifs is 1. The Hall–Kier alpha value is -2.69. The Labute approximate surface area is 102 Å². The van der Waals surface area contributed by atoms with Gasteiger partial charge in [-0.3, -0.25) is 10.1 Å². The van der Waals surface area contributed by atoms with Gasteiger partial charge >= 0.3 is 5.97 Å². The molecule has 2 aromatic heterocycles. The van der Waals surface area contributed by atoms with Crippen LogP contribution in [0.25, 0.3) is 22.2 Å². The number of aromatic nitrogens is 3. The highest BCUT2D eigenvalue weighted by molar-refractivity contribution is 5.88. The molecule has 0 saturated carbocycles. The predicted octanol–water partition coefficient (Wildman–Crippen LogP) is 2.32. The van der Waals surface area contributed by atoms with Gasteiger partial charge in [-0.15, -0.1) is 0 Å². The van der Waals surface area contributed by atoms with E-state index in [1.165, 1.54) is 6.07 Å². The van der Waals surface area contributed by atoms with Crippen molar-refractivity contribution in [3.63, 3.8) is 0 Å². The molecule has 18 heavy (non-hydrogen) atoms. The molecule has 0 aliphatic carbocycles. The van der Waals surface area contributed by atoms with Crippen molar-refractivity contribution < 1.29 is 9.90 Å². The van der Waals surface area contributed by atoms with Crippen LogP contribution in [0, 0.1) is 0 Å². The number of aromatic carboxylic acids is 1. The van der Waals surface area contributed by atoms with Crippen LogP contribution in [0.15, 0.2) is 42.6 Å². The van der Waals surface area contributed by atoms with E-state index in [0.717, 1.165) is 16.5 Å². The van der Waals surface area contributed by atoms with Crippen LogP contribution < -0.4 is 0 Å². The third kappa shape index (κ3) is 1.71. The van der Waals surface area contributed by atoms with Crippen LogP contribution in [0.1, 0.15) is 10.5 Å². The van der Waals surface area contributed by atoms with Crippen molar-refractivity contribution in [2.75, 3.05) is 0 Å². The molecule has 0 bridgehead atoms. The van der Waals surface area contributed by atoms with Gasteiger partial charge in [-0.25, -0.2) is 4.79 Å². The molecule has 0 fully saturated rings. The van der Waals surface area contributed by atoms with E-state index >= 15 is 0 Å². The molecule has 5 heteroatoms. The number of pyridine rings is 1. The van der Waals surface area contributed by atoms with E-state index in [1.807, 2.05) is 30.3 Å². The van der Waals surface area contributed by atoms with Crippen molar-refractivity contribution in [2.24, 2.45) is 0 Å². The van der Waals surface area contributed by atoms with Gasteiger partial charge in [0.15, 0.2) is 0 Å². The topological polar surface area (TPSA) is 78.9 Å². The van der Waals surface area contributed by atoms with E-state index < -0.39 is 5.97 Å². The SMILES string of the molecule is O=C(O)c1cc(-c2cnc3ccccc3c2)n[nH]1. The molecule has 88 valence electrons. The molecule has 0 unspecified atom stereocenters. The van der Waals surface area contributed by atoms with Gasteiger partial charge in [0.1, 0.15) is 5.69 Å². The molecule has 0 amide bonds. The Morgan fingerprint density at radius 1 is 1.22 bits per heavy atom. The first-order chi connectivity index (χ1) is 8.74. The van der Waals surface area contributed by atoms with Crippen molar-refractivity contribution >= 4 is 16.9 Å². The molecule has 0 aliphatic heterocycles. The summed E-state index contributed by atoms with van der Waals surface area (Å²) in [5.41, 5.74) is 2.33. The molecule has 5 nitrogen and oxygen atoms in total. The molecule has 0 spiro atoms. The van der Waals surface area contributed by atoms with Crippen molar-refractivity contribution in [3.05, 3.63) is 48.3 Å². The normalized spacial score (nSPS) is 10.7. The van der Waals surface area contributed by atoms with Gasteiger partial charge in [0.25, 0.3) is 0 Å². The molecule has 3 rings (SSSR count). The van der Waals surface area contributed by atoms with Gasteiger partial charge in [0, 0.05) is 17.1 Å². The fraction of sp³-hybridized carbons (Fsp3) is 0. The van der Waals surface area contributed by atoms with E-state index in [1.54, 1.807) is 6.20 Å². The van der Waals surface area contributed by atoms with Gasteiger partial charge in [0.2, 0.25) is 0 Å². The van der Waals surface area contributed by atoms with E-state index in [0.29, 0.717) is 5.69 Å². The van der Waals surface area contributed by atoms with Crippen molar-refractivity contribution in [3.8, 4) is 11.3 Å². The van der Waals surface area contributed by atoms with Gasteiger partial charge in [-0.05, 0) is 18.2 Å². The first-order valence-corrected chi connectivity index (χ1v) is 5.38. The smallest absolute Gasteiger partial charge is 0.353 e. The van der Waals surface area contributed by atoms with Crippen LogP contribution in [-0.4, -0.2) is 26.3 Å². The second kappa shape index (κ2) is 3.96. The summed E-state index contributed by atoms with van der Waals surface area (Å²) in [6.07, 6.45) is 1.68. The number of carboxylic acids is 1. The molecule has 2 heterocycles. The molecule has 2 N–H and O–H groups in total. The number of aromatic amines is 1. The fourth-order valence-corrected chi connectivity index (χ4v) is 1.79. The Balaban J connectivity index is 2.10. The summed E-state index contributed by atoms with van der Waals surface area (Å²) in [5, 5.41) is 16.3. The minimum Gasteiger partial charge on any atom is -0.477 e. The van der Waals surface area contributed by atoms with E-state index in [4.69, 9.17) is 5.11 Å². The average Bonchev–Trinajstić information content (AvgIpc) is 2.88. The summed E-state index contributed by atoms with van der Waals surface area (Å²) >= 11 is 0. The molecule has 0 atom stereocenters. The number of H-pyrrole nitrogens is 1. The van der Waals surface area contributed by atoms with E-state index in [9.17, 15) is 4.79 Å². The minimum absolute atomic E-state index is 0.0677. The standard InChI is InChI=1S/C13H9N3O2/c17-13(18)12-6-11(15-16-12)9-5-8-3-1-2-4-10(8)14-7-9/h1-7H,(H,15,16)(H,17,18). The highest BCUT2D eigenvalue weighted by atomic mass is 16.4. The Morgan fingerprint density at radius 3 is 2.83 bits per heavy atom. The molecule has 1 aromatic carbocycles. The van der Waals surface area contributed by atoms with Crippen molar-refractivity contribution in [2.45, 2.75) is 0 Å². The van der Waals surface area contributed by atoms with Crippen LogP contribution in [0.2, 0.25) is 0 Å². The summed E-state index contributed by atoms with van der Waals surface area (Å²) in [7, 11) is 0. The van der Waals surface area contributed by atoms with Crippen LogP contribution in [-0.2, 0) is 0 Å². The van der Waals surface area contributed by atoms with E-state index in [-0.39, 0.29) is 5.69 Å². The van der Waals surface area contributed by atoms with Gasteiger partial charge in [-0.2, -0.15) is 5.10 Å². The number of hydrogen-bond donors (Lipinski definition) is 2. The average molecular weight is 239 g/mol. The van der Waals surface area contributed by atoms with Crippen LogP contribution in [0.4, 0.5) is 0 Å².